The topological polar surface area (TPSA) is 38.4 Å². The van der Waals surface area contributed by atoms with Crippen LogP contribution in [0.5, 0.6) is 0 Å². The van der Waals surface area contributed by atoms with Crippen molar-refractivity contribution < 1.29 is 4.74 Å². The van der Waals surface area contributed by atoms with Crippen LogP contribution in [0.2, 0.25) is 0 Å². The monoisotopic (exact) mass is 250 g/mol. The van der Waals surface area contributed by atoms with Crippen molar-refractivity contribution in [1.82, 2.24) is 0 Å². The fraction of sp³-hybridized carbons (Fsp3) is 0.125. The van der Waals surface area contributed by atoms with Gasteiger partial charge in [-0.05, 0) is 31.2 Å². The van der Waals surface area contributed by atoms with Gasteiger partial charge in [0.1, 0.15) is 5.71 Å². The Bertz CT molecular complexity index is 605. The van der Waals surface area contributed by atoms with Gasteiger partial charge in [-0.2, -0.15) is 4.74 Å². The van der Waals surface area contributed by atoms with Crippen molar-refractivity contribution >= 4 is 11.9 Å². The number of benzene rings is 2. The highest BCUT2D eigenvalue weighted by Gasteiger charge is 2.45. The zero-order valence-electron chi connectivity index (χ0n) is 10.7. The molecule has 0 N–H and O–H groups in total. The predicted octanol–water partition coefficient (Wildman–Crippen LogP) is 2.94. The van der Waals surface area contributed by atoms with Crippen molar-refractivity contribution in [1.29, 1.82) is 0 Å². The molecular formula is C16H14N2O. The summed E-state index contributed by atoms with van der Waals surface area (Å²) in [6.07, 6.45) is 1.54. The number of hydrogen-bond donors (Lipinski definition) is 0. The first-order valence-electron chi connectivity index (χ1n) is 6.22. The summed E-state index contributed by atoms with van der Waals surface area (Å²) in [5.74, 6) is 0. The van der Waals surface area contributed by atoms with Crippen LogP contribution in [0, 0.1) is 5.21 Å². The first kappa shape index (κ1) is 11.7. The summed E-state index contributed by atoms with van der Waals surface area (Å²) < 4.78 is 0.938. The van der Waals surface area contributed by atoms with Gasteiger partial charge < -0.3 is 5.21 Å². The number of aliphatic imine (C=N–C) groups is 1. The van der Waals surface area contributed by atoms with Gasteiger partial charge in [-0.25, -0.2) is 4.99 Å². The maximum absolute atomic E-state index is 12.5. The molecule has 3 rings (SSSR count). The fourth-order valence-corrected chi connectivity index (χ4v) is 2.49. The van der Waals surface area contributed by atoms with Crippen molar-refractivity contribution in [3.63, 3.8) is 0 Å². The van der Waals surface area contributed by atoms with Crippen LogP contribution in [0.4, 0.5) is 0 Å². The molecule has 0 saturated carbocycles. The average Bonchev–Trinajstić information content (AvgIpc) is 2.76. The minimum absolute atomic E-state index is 0.739. The van der Waals surface area contributed by atoms with Crippen molar-refractivity contribution in [2.24, 2.45) is 4.99 Å². The van der Waals surface area contributed by atoms with Crippen LogP contribution in [-0.2, 0) is 5.66 Å². The van der Waals surface area contributed by atoms with E-state index in [9.17, 15) is 5.21 Å². The van der Waals surface area contributed by atoms with Crippen LogP contribution in [0.15, 0.2) is 65.7 Å². The van der Waals surface area contributed by atoms with Crippen molar-refractivity contribution in [3.05, 3.63) is 77.0 Å². The fourth-order valence-electron chi connectivity index (χ4n) is 2.49. The molecule has 2 aromatic rings. The van der Waals surface area contributed by atoms with E-state index in [1.165, 1.54) is 0 Å². The van der Waals surface area contributed by atoms with E-state index < -0.39 is 5.66 Å². The van der Waals surface area contributed by atoms with E-state index in [2.05, 4.69) is 4.99 Å². The summed E-state index contributed by atoms with van der Waals surface area (Å²) in [5.41, 5.74) is 1.52. The lowest BCUT2D eigenvalue weighted by Crippen LogP contribution is -2.33. The molecule has 2 aromatic carbocycles. The highest BCUT2D eigenvalue weighted by molar-refractivity contribution is 6.28. The lowest BCUT2D eigenvalue weighted by Gasteiger charge is -2.25. The molecule has 3 heteroatoms. The molecular weight excluding hydrogens is 236 g/mol. The highest BCUT2D eigenvalue weighted by atomic mass is 16.5. The largest absolute Gasteiger partial charge is 0.621 e. The molecule has 19 heavy (non-hydrogen) atoms. The van der Waals surface area contributed by atoms with E-state index in [0.29, 0.717) is 0 Å². The van der Waals surface area contributed by atoms with E-state index >= 15 is 0 Å². The Labute approximate surface area is 112 Å². The van der Waals surface area contributed by atoms with Crippen LogP contribution < -0.4 is 0 Å². The minimum Gasteiger partial charge on any atom is -0.621 e. The van der Waals surface area contributed by atoms with Gasteiger partial charge in [0.25, 0.3) is 0 Å². The van der Waals surface area contributed by atoms with Crippen LogP contribution >= 0.6 is 0 Å². The summed E-state index contributed by atoms with van der Waals surface area (Å²) in [4.78, 5) is 4.62. The van der Waals surface area contributed by atoms with Crippen molar-refractivity contribution in [3.8, 4) is 0 Å². The maximum Gasteiger partial charge on any atom is 0.319 e. The standard InChI is InChI=1S/C16H14N2O/c1-13-12-18(19)16(17-13,14-8-4-2-5-9-14)15-10-6-3-7-11-15/h2-12H,1H3. The second-order valence-corrected chi connectivity index (χ2v) is 4.61. The van der Waals surface area contributed by atoms with E-state index in [-0.39, 0.29) is 0 Å². The third-order valence-electron chi connectivity index (χ3n) is 3.31. The Morgan fingerprint density at radius 3 is 1.74 bits per heavy atom. The van der Waals surface area contributed by atoms with Crippen molar-refractivity contribution in [2.45, 2.75) is 12.6 Å². The van der Waals surface area contributed by atoms with Gasteiger partial charge >= 0.3 is 5.66 Å². The van der Waals surface area contributed by atoms with E-state index in [1.54, 1.807) is 6.21 Å². The number of rotatable bonds is 2. The SMILES string of the molecule is CC1=NC(c2ccccc2)(c2ccccc2)[N+]([O-])=C1. The predicted molar refractivity (Wildman–Crippen MR) is 76.5 cm³/mol. The lowest BCUT2D eigenvalue weighted by atomic mass is 9.92. The van der Waals surface area contributed by atoms with Gasteiger partial charge in [0.2, 0.25) is 0 Å². The molecule has 0 aromatic heterocycles. The van der Waals surface area contributed by atoms with Gasteiger partial charge in [-0.3, -0.25) is 0 Å². The van der Waals surface area contributed by atoms with Crippen LogP contribution in [-0.4, -0.2) is 16.7 Å². The van der Waals surface area contributed by atoms with Gasteiger partial charge in [-0.15, -0.1) is 0 Å². The molecule has 0 atom stereocenters. The third kappa shape index (κ3) is 1.74. The summed E-state index contributed by atoms with van der Waals surface area (Å²) in [6.45, 7) is 1.85. The Morgan fingerprint density at radius 1 is 0.895 bits per heavy atom. The summed E-state index contributed by atoms with van der Waals surface area (Å²) >= 11 is 0. The zero-order chi connectivity index (χ0) is 13.3. The quantitative estimate of drug-likeness (QED) is 0.596. The molecule has 0 spiro atoms. The van der Waals surface area contributed by atoms with Gasteiger partial charge in [0, 0.05) is 0 Å². The molecule has 0 fully saturated rings. The normalized spacial score (nSPS) is 16.9. The molecule has 0 radical (unpaired) electrons. The summed E-state index contributed by atoms with van der Waals surface area (Å²) in [7, 11) is 0. The van der Waals surface area contributed by atoms with E-state index in [0.717, 1.165) is 21.6 Å². The Hall–Kier alpha value is -2.42. The second kappa shape index (κ2) is 4.35. The third-order valence-corrected chi connectivity index (χ3v) is 3.31. The molecule has 1 heterocycles. The van der Waals surface area contributed by atoms with Crippen LogP contribution in [0.25, 0.3) is 0 Å². The smallest absolute Gasteiger partial charge is 0.319 e. The van der Waals surface area contributed by atoms with Gasteiger partial charge in [0.15, 0.2) is 6.21 Å². The number of hydroxylamine groups is 1. The molecule has 3 nitrogen and oxygen atoms in total. The molecule has 0 bridgehead atoms. The second-order valence-electron chi connectivity index (χ2n) is 4.61. The Kier molecular flexibility index (Phi) is 2.67. The lowest BCUT2D eigenvalue weighted by molar-refractivity contribution is -0.534. The molecule has 94 valence electrons. The molecule has 0 amide bonds. The first-order chi connectivity index (χ1) is 9.23. The number of nitrogens with zero attached hydrogens (tertiary/aromatic N) is 2. The van der Waals surface area contributed by atoms with Crippen LogP contribution in [0.1, 0.15) is 18.1 Å². The molecule has 1 aliphatic heterocycles. The van der Waals surface area contributed by atoms with E-state index in [4.69, 9.17) is 0 Å². The Balaban J connectivity index is 2.28. The summed E-state index contributed by atoms with van der Waals surface area (Å²) in [6, 6.07) is 19.3. The number of hydrogen-bond acceptors (Lipinski definition) is 2. The summed E-state index contributed by atoms with van der Waals surface area (Å²) in [5, 5.41) is 12.5. The van der Waals surface area contributed by atoms with Crippen molar-refractivity contribution in [2.75, 3.05) is 0 Å². The van der Waals surface area contributed by atoms with E-state index in [1.807, 2.05) is 67.6 Å². The van der Waals surface area contributed by atoms with Crippen LogP contribution in [0.3, 0.4) is 0 Å². The zero-order valence-corrected chi connectivity index (χ0v) is 10.7. The molecule has 0 aliphatic carbocycles. The highest BCUT2D eigenvalue weighted by Crippen LogP contribution is 2.36. The Morgan fingerprint density at radius 2 is 1.37 bits per heavy atom. The molecule has 0 saturated heterocycles. The molecule has 0 unspecified atom stereocenters. The molecule has 1 aliphatic rings. The minimum atomic E-state index is -0.980. The maximum atomic E-state index is 12.5. The van der Waals surface area contributed by atoms with Gasteiger partial charge in [-0.1, -0.05) is 36.4 Å². The van der Waals surface area contributed by atoms with Gasteiger partial charge in [0.05, 0.1) is 11.1 Å². The first-order valence-corrected chi connectivity index (χ1v) is 6.22. The average molecular weight is 250 g/mol.